The third-order valence-corrected chi connectivity index (χ3v) is 1.83. The maximum Gasteiger partial charge on any atom is 0.179 e. The van der Waals surface area contributed by atoms with Crippen LogP contribution in [0.3, 0.4) is 0 Å². The van der Waals surface area contributed by atoms with Gasteiger partial charge in [0.15, 0.2) is 5.75 Å². The smallest absolute Gasteiger partial charge is 0.179 e. The Morgan fingerprint density at radius 2 is 2.08 bits per heavy atom. The van der Waals surface area contributed by atoms with Gasteiger partial charge in [-0.25, -0.2) is 0 Å². The molecular weight excluding hydrogens is 174 g/mol. The van der Waals surface area contributed by atoms with E-state index in [0.29, 0.717) is 5.02 Å². The summed E-state index contributed by atoms with van der Waals surface area (Å²) in [4.78, 5) is 4.05. The summed E-state index contributed by atoms with van der Waals surface area (Å²) in [5.74, 6) is -0.0217. The van der Waals surface area contributed by atoms with Crippen LogP contribution in [0, 0.1) is 0 Å². The number of fused-ring (bicyclic) bond motifs is 1. The van der Waals surface area contributed by atoms with E-state index in [1.807, 2.05) is 0 Å². The van der Waals surface area contributed by atoms with Crippen LogP contribution in [0.2, 0.25) is 5.02 Å². The minimum Gasteiger partial charge on any atom is -0.290 e. The fraction of sp³-hybridized carbons (Fsp3) is 0. The lowest BCUT2D eigenvalue weighted by Gasteiger charge is -1.96. The molecule has 0 fully saturated rings. The lowest BCUT2D eigenvalue weighted by atomic mass is 10.2. The molecule has 59 valence electrons. The number of rotatable bonds is 0. The Morgan fingerprint density at radius 3 is 2.92 bits per heavy atom. The fourth-order valence-corrected chi connectivity index (χ4v) is 1.25. The summed E-state index contributed by atoms with van der Waals surface area (Å²) in [7, 11) is 0. The first-order valence-electron chi connectivity index (χ1n) is 3.48. The van der Waals surface area contributed by atoms with Crippen molar-refractivity contribution < 1.29 is 5.11 Å². The standard InChI is InChI=1S/C9H5ClNO/c10-7-3-6-4-8(12)1-2-9(6)11-5-7/h1-5H. The van der Waals surface area contributed by atoms with E-state index in [4.69, 9.17) is 11.6 Å². The maximum atomic E-state index is 10.9. The number of nitrogens with zero attached hydrogens (tertiary/aromatic N) is 1. The molecule has 1 aromatic heterocycles. The van der Waals surface area contributed by atoms with E-state index in [1.54, 1.807) is 18.3 Å². The summed E-state index contributed by atoms with van der Waals surface area (Å²) in [6.07, 6.45) is 1.56. The molecule has 2 aromatic rings. The molecule has 0 aliphatic carbocycles. The quantitative estimate of drug-likeness (QED) is 0.610. The largest absolute Gasteiger partial charge is 0.290 e. The van der Waals surface area contributed by atoms with Crippen molar-refractivity contribution in [1.82, 2.24) is 4.98 Å². The zero-order chi connectivity index (χ0) is 8.55. The first-order chi connectivity index (χ1) is 5.75. The number of halogens is 1. The summed E-state index contributed by atoms with van der Waals surface area (Å²) in [5.41, 5.74) is 0.791. The number of pyridine rings is 1. The molecule has 1 aromatic carbocycles. The highest BCUT2D eigenvalue weighted by Crippen LogP contribution is 2.21. The number of hydrogen-bond acceptors (Lipinski definition) is 1. The number of hydrogen-bond donors (Lipinski definition) is 0. The number of aromatic nitrogens is 1. The summed E-state index contributed by atoms with van der Waals surface area (Å²) in [5, 5.41) is 12.3. The van der Waals surface area contributed by atoms with Crippen molar-refractivity contribution >= 4 is 22.5 Å². The normalized spacial score (nSPS) is 10.4. The van der Waals surface area contributed by atoms with Crippen molar-refractivity contribution in [2.75, 3.05) is 0 Å². The Hall–Kier alpha value is -1.28. The molecule has 0 N–H and O–H groups in total. The summed E-state index contributed by atoms with van der Waals surface area (Å²) < 4.78 is 0. The van der Waals surface area contributed by atoms with E-state index in [9.17, 15) is 5.11 Å². The lowest BCUT2D eigenvalue weighted by molar-refractivity contribution is 0.355. The third-order valence-electron chi connectivity index (χ3n) is 1.62. The molecule has 1 radical (unpaired) electrons. The predicted octanol–water partition coefficient (Wildman–Crippen LogP) is 3.03. The van der Waals surface area contributed by atoms with Gasteiger partial charge in [0.2, 0.25) is 0 Å². The number of benzene rings is 1. The van der Waals surface area contributed by atoms with Crippen LogP contribution in [0.4, 0.5) is 0 Å². The van der Waals surface area contributed by atoms with E-state index >= 15 is 0 Å². The Labute approximate surface area is 74.4 Å². The molecule has 0 amide bonds. The molecule has 0 aliphatic rings. The van der Waals surface area contributed by atoms with Crippen LogP contribution >= 0.6 is 11.6 Å². The van der Waals surface area contributed by atoms with E-state index in [2.05, 4.69) is 4.98 Å². The highest BCUT2D eigenvalue weighted by Gasteiger charge is 1.97. The molecule has 0 atom stereocenters. The van der Waals surface area contributed by atoms with Gasteiger partial charge in [0.05, 0.1) is 10.5 Å². The fourth-order valence-electron chi connectivity index (χ4n) is 1.08. The van der Waals surface area contributed by atoms with Crippen LogP contribution in [0.1, 0.15) is 0 Å². The third kappa shape index (κ3) is 1.21. The Bertz CT molecular complexity index is 391. The minimum absolute atomic E-state index is 0.0217. The highest BCUT2D eigenvalue weighted by atomic mass is 35.5. The van der Waals surface area contributed by atoms with Gasteiger partial charge >= 0.3 is 0 Å². The predicted molar refractivity (Wildman–Crippen MR) is 46.9 cm³/mol. The van der Waals surface area contributed by atoms with Crippen molar-refractivity contribution in [2.45, 2.75) is 0 Å². The van der Waals surface area contributed by atoms with E-state index < -0.39 is 0 Å². The van der Waals surface area contributed by atoms with Crippen molar-refractivity contribution in [3.8, 4) is 5.75 Å². The summed E-state index contributed by atoms with van der Waals surface area (Å²) in [6, 6.07) is 6.43. The van der Waals surface area contributed by atoms with Crippen molar-refractivity contribution in [1.29, 1.82) is 0 Å². The molecule has 0 saturated heterocycles. The van der Waals surface area contributed by atoms with Crippen LogP contribution < -0.4 is 0 Å². The monoisotopic (exact) mass is 178 g/mol. The van der Waals surface area contributed by atoms with E-state index in [1.165, 1.54) is 12.1 Å². The summed E-state index contributed by atoms with van der Waals surface area (Å²) in [6.45, 7) is 0. The molecular formula is C9H5ClNO. The zero-order valence-corrected chi connectivity index (χ0v) is 6.88. The van der Waals surface area contributed by atoms with Crippen LogP contribution in [-0.4, -0.2) is 4.98 Å². The van der Waals surface area contributed by atoms with Crippen molar-refractivity contribution in [2.24, 2.45) is 0 Å². The second kappa shape index (κ2) is 2.64. The van der Waals surface area contributed by atoms with Crippen LogP contribution in [0.15, 0.2) is 30.5 Å². The highest BCUT2D eigenvalue weighted by molar-refractivity contribution is 6.31. The van der Waals surface area contributed by atoms with Gasteiger partial charge in [-0.2, -0.15) is 0 Å². The van der Waals surface area contributed by atoms with Crippen molar-refractivity contribution in [3.63, 3.8) is 0 Å². The van der Waals surface area contributed by atoms with Gasteiger partial charge in [-0.05, 0) is 24.3 Å². The minimum atomic E-state index is -0.0217. The molecule has 3 heteroatoms. The Balaban J connectivity index is 2.80. The lowest BCUT2D eigenvalue weighted by Crippen LogP contribution is -1.76. The van der Waals surface area contributed by atoms with Gasteiger partial charge in [0, 0.05) is 11.6 Å². The molecule has 0 aliphatic heterocycles. The first-order valence-corrected chi connectivity index (χ1v) is 3.86. The van der Waals surface area contributed by atoms with Crippen molar-refractivity contribution in [3.05, 3.63) is 35.5 Å². The average Bonchev–Trinajstić information content (AvgIpc) is 2.03. The molecule has 0 unspecified atom stereocenters. The van der Waals surface area contributed by atoms with Crippen LogP contribution in [0.5, 0.6) is 5.75 Å². The Morgan fingerprint density at radius 1 is 1.25 bits per heavy atom. The first kappa shape index (κ1) is 7.37. The second-order valence-corrected chi connectivity index (χ2v) is 2.94. The molecule has 0 bridgehead atoms. The van der Waals surface area contributed by atoms with E-state index in [0.717, 1.165) is 10.9 Å². The van der Waals surface area contributed by atoms with Gasteiger partial charge in [-0.15, -0.1) is 0 Å². The molecule has 0 saturated carbocycles. The molecule has 0 spiro atoms. The molecule has 2 rings (SSSR count). The topological polar surface area (TPSA) is 32.8 Å². The maximum absolute atomic E-state index is 10.9. The van der Waals surface area contributed by atoms with Gasteiger partial charge in [0.1, 0.15) is 0 Å². The van der Waals surface area contributed by atoms with E-state index in [-0.39, 0.29) is 5.75 Å². The average molecular weight is 179 g/mol. The molecule has 12 heavy (non-hydrogen) atoms. The summed E-state index contributed by atoms with van der Waals surface area (Å²) >= 11 is 5.71. The van der Waals surface area contributed by atoms with Gasteiger partial charge in [0.25, 0.3) is 0 Å². The molecule has 2 nitrogen and oxygen atoms in total. The Kier molecular flexibility index (Phi) is 1.62. The van der Waals surface area contributed by atoms with Crippen LogP contribution in [0.25, 0.3) is 10.9 Å². The molecule has 1 heterocycles. The van der Waals surface area contributed by atoms with Gasteiger partial charge in [-0.1, -0.05) is 11.6 Å². The van der Waals surface area contributed by atoms with Gasteiger partial charge in [-0.3, -0.25) is 10.1 Å². The SMILES string of the molecule is [O]c1ccc2ncc(Cl)cc2c1. The van der Waals surface area contributed by atoms with Crippen LogP contribution in [-0.2, 0) is 5.11 Å². The van der Waals surface area contributed by atoms with Gasteiger partial charge < -0.3 is 0 Å². The second-order valence-electron chi connectivity index (χ2n) is 2.51. The zero-order valence-electron chi connectivity index (χ0n) is 6.12.